The maximum absolute atomic E-state index is 12.7. The van der Waals surface area contributed by atoms with Crippen LogP contribution in [0.4, 0.5) is 0 Å². The number of carbonyl (C=O) groups excluding carboxylic acids is 1. The monoisotopic (exact) mass is 489 g/mol. The highest BCUT2D eigenvalue weighted by Crippen LogP contribution is 2.39. The number of sulfonamides is 1. The quantitative estimate of drug-likeness (QED) is 0.428. The first-order chi connectivity index (χ1) is 14.6. The zero-order valence-electron chi connectivity index (χ0n) is 17.2. The maximum Gasteiger partial charge on any atom is 0.255 e. The Bertz CT molecular complexity index is 1090. The van der Waals surface area contributed by atoms with E-state index in [-0.39, 0.29) is 14.9 Å². The molecule has 0 radical (unpaired) electrons. The van der Waals surface area contributed by atoms with Gasteiger partial charge in [-0.15, -0.1) is 0 Å². The van der Waals surface area contributed by atoms with Crippen molar-refractivity contribution >= 4 is 45.3 Å². The molecule has 2 aromatic carbocycles. The number of rotatable bonds is 9. The summed E-state index contributed by atoms with van der Waals surface area (Å²) in [7, 11) is 1.61. The third kappa shape index (κ3) is 5.79. The first kappa shape index (κ1) is 24.7. The number of hydrogen-bond acceptors (Lipinski definition) is 7. The van der Waals surface area contributed by atoms with Crippen LogP contribution in [0.1, 0.15) is 5.56 Å². The van der Waals surface area contributed by atoms with Crippen LogP contribution < -0.4 is 19.6 Å². The molecule has 0 spiro atoms. The van der Waals surface area contributed by atoms with Crippen molar-refractivity contribution in [1.29, 1.82) is 0 Å². The largest absolute Gasteiger partial charge is 0.493 e. The average molecular weight is 490 g/mol. The van der Waals surface area contributed by atoms with E-state index in [2.05, 4.69) is 10.5 Å². The van der Waals surface area contributed by atoms with Crippen LogP contribution in [-0.2, 0) is 14.8 Å². The van der Waals surface area contributed by atoms with Crippen molar-refractivity contribution in [2.24, 2.45) is 5.10 Å². The van der Waals surface area contributed by atoms with E-state index in [1.54, 1.807) is 12.1 Å². The zero-order valence-corrected chi connectivity index (χ0v) is 19.5. The van der Waals surface area contributed by atoms with Crippen molar-refractivity contribution in [1.82, 2.24) is 9.73 Å². The molecule has 0 aromatic heterocycles. The summed E-state index contributed by atoms with van der Waals surface area (Å²) in [4.78, 5) is 12.0. The second kappa shape index (κ2) is 10.7. The molecule has 0 saturated heterocycles. The molecule has 1 N–H and O–H groups in total. The molecule has 2 rings (SSSR count). The molecule has 168 valence electrons. The van der Waals surface area contributed by atoms with Gasteiger partial charge in [0.2, 0.25) is 15.8 Å². The van der Waals surface area contributed by atoms with E-state index in [9.17, 15) is 13.2 Å². The summed E-state index contributed by atoms with van der Waals surface area (Å²) in [6, 6.07) is 7.36. The molecule has 0 aliphatic heterocycles. The molecule has 0 bridgehead atoms. The Hall–Kier alpha value is -2.53. The summed E-state index contributed by atoms with van der Waals surface area (Å²) < 4.78 is 42.0. The number of carbonyl (C=O) groups is 1. The van der Waals surface area contributed by atoms with Gasteiger partial charge in [-0.25, -0.2) is 13.8 Å². The van der Waals surface area contributed by atoms with Crippen LogP contribution in [0.5, 0.6) is 17.2 Å². The first-order valence-corrected chi connectivity index (χ1v) is 10.9. The summed E-state index contributed by atoms with van der Waals surface area (Å²) in [6.07, 6.45) is 1.33. The predicted molar refractivity (Wildman–Crippen MR) is 118 cm³/mol. The minimum absolute atomic E-state index is 0.00442. The Morgan fingerprint density at radius 1 is 1.10 bits per heavy atom. The number of amides is 1. The molecule has 0 fully saturated rings. The van der Waals surface area contributed by atoms with Gasteiger partial charge in [0.1, 0.15) is 4.90 Å². The molecule has 1 amide bonds. The smallest absolute Gasteiger partial charge is 0.255 e. The van der Waals surface area contributed by atoms with Gasteiger partial charge in [-0.1, -0.05) is 23.2 Å². The second-order valence-electron chi connectivity index (χ2n) is 6.05. The number of likely N-dealkylation sites (N-methyl/N-ethyl adjacent to an activating group) is 1. The van der Waals surface area contributed by atoms with Crippen molar-refractivity contribution in [2.75, 3.05) is 34.9 Å². The number of hydrogen-bond donors (Lipinski definition) is 1. The molecule has 9 nitrogen and oxygen atoms in total. The standard InChI is InChI=1S/C19H21Cl2N3O6S/c1-24(31(26,27)16-9-13(20)6-7-14(16)21)11-17(25)23-22-10-12-5-8-15(28-2)19(30-4)18(12)29-3/h5-10H,11H2,1-4H3,(H,23,25)/b22-10-. The SMILES string of the molecule is COc1ccc(/C=N\NC(=O)CN(C)S(=O)(=O)c2cc(Cl)ccc2Cl)c(OC)c1OC. The number of methoxy groups -OCH3 is 3. The fourth-order valence-electron chi connectivity index (χ4n) is 2.57. The second-order valence-corrected chi connectivity index (χ2v) is 8.91. The average Bonchev–Trinajstić information content (AvgIpc) is 2.74. The lowest BCUT2D eigenvalue weighted by molar-refractivity contribution is -0.121. The molecule has 0 saturated carbocycles. The molecule has 31 heavy (non-hydrogen) atoms. The first-order valence-electron chi connectivity index (χ1n) is 8.68. The Morgan fingerprint density at radius 3 is 2.39 bits per heavy atom. The van der Waals surface area contributed by atoms with Gasteiger partial charge in [0.05, 0.1) is 39.1 Å². The molecule has 12 heteroatoms. The van der Waals surface area contributed by atoms with Crippen LogP contribution >= 0.6 is 23.2 Å². The minimum Gasteiger partial charge on any atom is -0.493 e. The predicted octanol–water partition coefficient (Wildman–Crippen LogP) is 2.79. The Morgan fingerprint density at radius 2 is 1.77 bits per heavy atom. The molecule has 0 unspecified atom stereocenters. The molecule has 2 aromatic rings. The van der Waals surface area contributed by atoms with Crippen LogP contribution in [0.15, 0.2) is 40.3 Å². The third-order valence-corrected chi connectivity index (χ3v) is 6.60. The van der Waals surface area contributed by atoms with E-state index in [1.807, 2.05) is 0 Å². The third-order valence-electron chi connectivity index (χ3n) is 4.08. The maximum atomic E-state index is 12.7. The Labute approximate surface area is 190 Å². The lowest BCUT2D eigenvalue weighted by Crippen LogP contribution is -2.36. The Balaban J connectivity index is 2.11. The number of halogens is 2. The molecule has 0 heterocycles. The molecular weight excluding hydrogens is 469 g/mol. The van der Waals surface area contributed by atoms with Crippen molar-refractivity contribution < 1.29 is 27.4 Å². The summed E-state index contributed by atoms with van der Waals surface area (Å²) in [5.74, 6) is 0.520. The van der Waals surface area contributed by atoms with E-state index in [4.69, 9.17) is 37.4 Å². The highest BCUT2D eigenvalue weighted by Gasteiger charge is 2.25. The van der Waals surface area contributed by atoms with Gasteiger partial charge in [0, 0.05) is 17.6 Å². The summed E-state index contributed by atoms with van der Waals surface area (Å²) in [5, 5.41) is 4.05. The minimum atomic E-state index is -4.04. The van der Waals surface area contributed by atoms with Crippen LogP contribution in [0, 0.1) is 0 Å². The van der Waals surface area contributed by atoms with Crippen LogP contribution in [0.3, 0.4) is 0 Å². The summed E-state index contributed by atoms with van der Waals surface area (Å²) in [5.41, 5.74) is 2.77. The normalized spacial score (nSPS) is 11.6. The van der Waals surface area contributed by atoms with Gasteiger partial charge in [-0.05, 0) is 30.3 Å². The topological polar surface area (TPSA) is 107 Å². The lowest BCUT2D eigenvalue weighted by Gasteiger charge is -2.17. The summed E-state index contributed by atoms with van der Waals surface area (Å²) >= 11 is 11.8. The van der Waals surface area contributed by atoms with E-state index in [0.29, 0.717) is 22.8 Å². The molecule has 0 atom stereocenters. The van der Waals surface area contributed by atoms with E-state index in [1.165, 1.54) is 52.8 Å². The number of nitrogens with zero attached hydrogens (tertiary/aromatic N) is 2. The number of hydrazone groups is 1. The lowest BCUT2D eigenvalue weighted by atomic mass is 10.2. The van der Waals surface area contributed by atoms with Gasteiger partial charge in [0.25, 0.3) is 5.91 Å². The zero-order chi connectivity index (χ0) is 23.2. The van der Waals surface area contributed by atoms with Crippen molar-refractivity contribution in [3.05, 3.63) is 45.9 Å². The molecule has 0 aliphatic carbocycles. The number of nitrogens with one attached hydrogen (secondary N) is 1. The van der Waals surface area contributed by atoms with Gasteiger partial charge in [-0.3, -0.25) is 4.79 Å². The fourth-order valence-corrected chi connectivity index (χ4v) is 4.43. The van der Waals surface area contributed by atoms with Crippen molar-refractivity contribution in [3.63, 3.8) is 0 Å². The van der Waals surface area contributed by atoms with Crippen molar-refractivity contribution in [2.45, 2.75) is 4.90 Å². The van der Waals surface area contributed by atoms with Crippen LogP contribution in [0.2, 0.25) is 10.0 Å². The van der Waals surface area contributed by atoms with Crippen LogP contribution in [-0.4, -0.2) is 59.8 Å². The number of benzene rings is 2. The van der Waals surface area contributed by atoms with Crippen LogP contribution in [0.25, 0.3) is 0 Å². The van der Waals surface area contributed by atoms with Crippen molar-refractivity contribution in [3.8, 4) is 17.2 Å². The highest BCUT2D eigenvalue weighted by atomic mass is 35.5. The van der Waals surface area contributed by atoms with Gasteiger partial charge in [0.15, 0.2) is 11.5 Å². The molecular formula is C19H21Cl2N3O6S. The van der Waals surface area contributed by atoms with Gasteiger partial charge in [-0.2, -0.15) is 9.41 Å². The fraction of sp³-hybridized carbons (Fsp3) is 0.263. The number of ether oxygens (including phenoxy) is 3. The van der Waals surface area contributed by atoms with E-state index < -0.39 is 22.5 Å². The van der Waals surface area contributed by atoms with E-state index >= 15 is 0 Å². The Kier molecular flexibility index (Phi) is 8.52. The van der Waals surface area contributed by atoms with Gasteiger partial charge >= 0.3 is 0 Å². The van der Waals surface area contributed by atoms with Gasteiger partial charge < -0.3 is 14.2 Å². The highest BCUT2D eigenvalue weighted by molar-refractivity contribution is 7.89. The van der Waals surface area contributed by atoms with E-state index in [0.717, 1.165) is 4.31 Å². The summed E-state index contributed by atoms with van der Waals surface area (Å²) in [6.45, 7) is -0.494. The molecule has 0 aliphatic rings.